The van der Waals surface area contributed by atoms with Gasteiger partial charge in [0.25, 0.3) is 0 Å². The van der Waals surface area contributed by atoms with E-state index in [4.69, 9.17) is 25.8 Å². The molecule has 0 aliphatic heterocycles. The van der Waals surface area contributed by atoms with Crippen molar-refractivity contribution in [3.8, 4) is 17.2 Å². The Balaban J connectivity index is 1.62. The molecule has 2 aromatic carbocycles. The lowest BCUT2D eigenvalue weighted by Gasteiger charge is -2.14. The maximum absolute atomic E-state index is 6.10. The molecule has 31 heavy (non-hydrogen) atoms. The molecular formula is C21H21ClN6O3. The molecule has 4 aromatic rings. The molecule has 0 atom stereocenters. The van der Waals surface area contributed by atoms with Gasteiger partial charge in [0.1, 0.15) is 17.5 Å². The Morgan fingerprint density at radius 2 is 1.74 bits per heavy atom. The Morgan fingerprint density at radius 1 is 0.968 bits per heavy atom. The van der Waals surface area contributed by atoms with Crippen LogP contribution in [0.25, 0.3) is 11.0 Å². The first kappa shape index (κ1) is 20.5. The van der Waals surface area contributed by atoms with E-state index in [0.717, 1.165) is 16.6 Å². The first-order valence-corrected chi connectivity index (χ1v) is 9.75. The van der Waals surface area contributed by atoms with Gasteiger partial charge in [-0.1, -0.05) is 17.7 Å². The molecule has 160 valence electrons. The van der Waals surface area contributed by atoms with E-state index in [1.54, 1.807) is 21.3 Å². The number of ether oxygens (including phenoxy) is 3. The molecule has 0 unspecified atom stereocenters. The van der Waals surface area contributed by atoms with Crippen molar-refractivity contribution >= 4 is 40.0 Å². The monoisotopic (exact) mass is 440 g/mol. The van der Waals surface area contributed by atoms with Crippen LogP contribution >= 0.6 is 11.6 Å². The zero-order chi connectivity index (χ0) is 21.8. The summed E-state index contributed by atoms with van der Waals surface area (Å²) in [5, 5.41) is 15.2. The van der Waals surface area contributed by atoms with E-state index >= 15 is 0 Å². The zero-order valence-electron chi connectivity index (χ0n) is 17.2. The van der Waals surface area contributed by atoms with Crippen molar-refractivity contribution in [2.45, 2.75) is 6.54 Å². The third-order valence-electron chi connectivity index (χ3n) is 4.63. The summed E-state index contributed by atoms with van der Waals surface area (Å²) in [6, 6.07) is 11.2. The van der Waals surface area contributed by atoms with Gasteiger partial charge in [-0.2, -0.15) is 5.10 Å². The van der Waals surface area contributed by atoms with Crippen LogP contribution in [0.3, 0.4) is 0 Å². The fraction of sp³-hybridized carbons (Fsp3) is 0.190. The van der Waals surface area contributed by atoms with Gasteiger partial charge in [-0.05, 0) is 35.9 Å². The van der Waals surface area contributed by atoms with Crippen LogP contribution in [-0.2, 0) is 6.54 Å². The summed E-state index contributed by atoms with van der Waals surface area (Å²) in [6.45, 7) is 0.460. The second-order valence-electron chi connectivity index (χ2n) is 6.54. The van der Waals surface area contributed by atoms with E-state index in [1.807, 2.05) is 36.4 Å². The second-order valence-corrected chi connectivity index (χ2v) is 6.98. The van der Waals surface area contributed by atoms with Gasteiger partial charge in [0, 0.05) is 17.3 Å². The number of nitrogens with one attached hydrogen (secondary N) is 3. The summed E-state index contributed by atoms with van der Waals surface area (Å²) < 4.78 is 16.2. The number of hydrogen-bond acceptors (Lipinski definition) is 8. The SMILES string of the molecule is COc1cc(CNc2n[nH]c3ncnc(Nc4cccc(Cl)c4)c23)cc(OC)c1OC. The maximum Gasteiger partial charge on any atom is 0.203 e. The summed E-state index contributed by atoms with van der Waals surface area (Å²) in [6.07, 6.45) is 1.47. The van der Waals surface area contributed by atoms with Gasteiger partial charge >= 0.3 is 0 Å². The Morgan fingerprint density at radius 3 is 2.42 bits per heavy atom. The number of H-pyrrole nitrogens is 1. The highest BCUT2D eigenvalue weighted by atomic mass is 35.5. The Kier molecular flexibility index (Phi) is 5.94. The molecule has 2 heterocycles. The Bertz CT molecular complexity index is 1190. The largest absolute Gasteiger partial charge is 0.493 e. The van der Waals surface area contributed by atoms with E-state index in [2.05, 4.69) is 30.8 Å². The summed E-state index contributed by atoms with van der Waals surface area (Å²) in [5.74, 6) is 2.91. The molecule has 0 spiro atoms. The van der Waals surface area contributed by atoms with Crippen LogP contribution in [-0.4, -0.2) is 41.5 Å². The zero-order valence-corrected chi connectivity index (χ0v) is 17.9. The number of anilines is 3. The number of hydrogen-bond donors (Lipinski definition) is 3. The average molecular weight is 441 g/mol. The van der Waals surface area contributed by atoms with Crippen LogP contribution in [0.4, 0.5) is 17.3 Å². The van der Waals surface area contributed by atoms with E-state index < -0.39 is 0 Å². The number of aromatic nitrogens is 4. The van der Waals surface area contributed by atoms with Gasteiger partial charge in [-0.3, -0.25) is 5.10 Å². The molecule has 2 aromatic heterocycles. The van der Waals surface area contributed by atoms with Gasteiger partial charge in [0.15, 0.2) is 23.0 Å². The van der Waals surface area contributed by atoms with Crippen molar-refractivity contribution in [2.24, 2.45) is 0 Å². The lowest BCUT2D eigenvalue weighted by Crippen LogP contribution is -2.03. The van der Waals surface area contributed by atoms with E-state index in [-0.39, 0.29) is 0 Å². The molecule has 0 amide bonds. The molecule has 0 saturated heterocycles. The number of rotatable bonds is 8. The van der Waals surface area contributed by atoms with Crippen LogP contribution in [0.15, 0.2) is 42.7 Å². The van der Waals surface area contributed by atoms with Crippen molar-refractivity contribution in [3.63, 3.8) is 0 Å². The molecule has 4 rings (SSSR count). The van der Waals surface area contributed by atoms with Gasteiger partial charge in [0.2, 0.25) is 5.75 Å². The van der Waals surface area contributed by atoms with Gasteiger partial charge in [-0.15, -0.1) is 0 Å². The molecule has 0 aliphatic rings. The third kappa shape index (κ3) is 4.26. The van der Waals surface area contributed by atoms with Crippen LogP contribution in [0.2, 0.25) is 5.02 Å². The smallest absolute Gasteiger partial charge is 0.203 e. The van der Waals surface area contributed by atoms with Crippen molar-refractivity contribution in [1.29, 1.82) is 0 Å². The number of methoxy groups -OCH3 is 3. The van der Waals surface area contributed by atoms with Crippen LogP contribution in [0, 0.1) is 0 Å². The molecule has 10 heteroatoms. The second kappa shape index (κ2) is 8.97. The minimum absolute atomic E-state index is 0.460. The average Bonchev–Trinajstić information content (AvgIpc) is 3.21. The first-order valence-electron chi connectivity index (χ1n) is 9.37. The summed E-state index contributed by atoms with van der Waals surface area (Å²) >= 11 is 6.10. The predicted octanol–water partition coefficient (Wildman–Crippen LogP) is 4.39. The summed E-state index contributed by atoms with van der Waals surface area (Å²) in [5.41, 5.74) is 2.34. The Hall–Kier alpha value is -3.72. The molecule has 0 aliphatic carbocycles. The molecular weight excluding hydrogens is 420 g/mol. The minimum atomic E-state index is 0.460. The molecule has 9 nitrogen and oxygen atoms in total. The van der Waals surface area contributed by atoms with Crippen molar-refractivity contribution in [1.82, 2.24) is 20.2 Å². The molecule has 0 radical (unpaired) electrons. The highest BCUT2D eigenvalue weighted by Crippen LogP contribution is 2.38. The third-order valence-corrected chi connectivity index (χ3v) is 4.86. The standard InChI is InChI=1S/C21H21ClN6O3/c1-29-15-7-12(8-16(30-2)18(15)31-3)10-23-20-17-19(24-11-25-21(17)28-27-20)26-14-6-4-5-13(22)9-14/h4-9,11H,10H2,1-3H3,(H3,23,24,25,26,27,28). The highest BCUT2D eigenvalue weighted by Gasteiger charge is 2.16. The van der Waals surface area contributed by atoms with Crippen LogP contribution < -0.4 is 24.8 Å². The van der Waals surface area contributed by atoms with Crippen molar-refractivity contribution in [3.05, 3.63) is 53.3 Å². The highest BCUT2D eigenvalue weighted by molar-refractivity contribution is 6.30. The van der Waals surface area contributed by atoms with Gasteiger partial charge < -0.3 is 24.8 Å². The minimum Gasteiger partial charge on any atom is -0.493 e. The predicted molar refractivity (Wildman–Crippen MR) is 120 cm³/mol. The summed E-state index contributed by atoms with van der Waals surface area (Å²) in [7, 11) is 4.74. The lowest BCUT2D eigenvalue weighted by molar-refractivity contribution is 0.324. The number of aromatic amines is 1. The maximum atomic E-state index is 6.10. The Labute approximate surface area is 183 Å². The molecule has 0 fully saturated rings. The number of fused-ring (bicyclic) bond motifs is 1. The van der Waals surface area contributed by atoms with Crippen molar-refractivity contribution in [2.75, 3.05) is 32.0 Å². The summed E-state index contributed by atoms with van der Waals surface area (Å²) in [4.78, 5) is 8.64. The fourth-order valence-corrected chi connectivity index (χ4v) is 3.40. The lowest BCUT2D eigenvalue weighted by atomic mass is 10.1. The van der Waals surface area contributed by atoms with Gasteiger partial charge in [-0.25, -0.2) is 9.97 Å². The normalized spacial score (nSPS) is 10.7. The van der Waals surface area contributed by atoms with Crippen LogP contribution in [0.1, 0.15) is 5.56 Å². The number of halogens is 1. The molecule has 0 saturated carbocycles. The van der Waals surface area contributed by atoms with E-state index in [9.17, 15) is 0 Å². The quantitative estimate of drug-likeness (QED) is 0.370. The van der Waals surface area contributed by atoms with Crippen molar-refractivity contribution < 1.29 is 14.2 Å². The van der Waals surface area contributed by atoms with E-state index in [1.165, 1.54) is 6.33 Å². The number of benzene rings is 2. The molecule has 0 bridgehead atoms. The topological polar surface area (TPSA) is 106 Å². The number of nitrogens with zero attached hydrogens (tertiary/aromatic N) is 3. The van der Waals surface area contributed by atoms with E-state index in [0.29, 0.717) is 46.1 Å². The first-order chi connectivity index (χ1) is 15.1. The fourth-order valence-electron chi connectivity index (χ4n) is 3.21. The van der Waals surface area contributed by atoms with Gasteiger partial charge in [0.05, 0.1) is 21.3 Å². The van der Waals surface area contributed by atoms with Crippen LogP contribution in [0.5, 0.6) is 17.2 Å². The molecule has 3 N–H and O–H groups in total.